The van der Waals surface area contributed by atoms with E-state index in [0.29, 0.717) is 4.31 Å². The molecule has 98 valence electrons. The van der Waals surface area contributed by atoms with Crippen LogP contribution in [0.1, 0.15) is 20.8 Å². The van der Waals surface area contributed by atoms with Gasteiger partial charge in [0.25, 0.3) is 15.9 Å². The van der Waals surface area contributed by atoms with E-state index in [-0.39, 0.29) is 6.61 Å². The Morgan fingerprint density at radius 3 is 2.41 bits per heavy atom. The summed E-state index contributed by atoms with van der Waals surface area (Å²) < 4.78 is 27.3. The second kappa shape index (κ2) is 4.26. The van der Waals surface area contributed by atoms with Crippen LogP contribution >= 0.6 is 0 Å². The van der Waals surface area contributed by atoms with Crippen molar-refractivity contribution in [2.75, 3.05) is 13.2 Å². The zero-order chi connectivity index (χ0) is 13.4. The van der Waals surface area contributed by atoms with Crippen molar-refractivity contribution in [1.29, 1.82) is 0 Å². The van der Waals surface area contributed by atoms with Crippen LogP contribution in [0.15, 0.2) is 0 Å². The normalized spacial score (nSPS) is 23.0. The van der Waals surface area contributed by atoms with Gasteiger partial charge in [-0.2, -0.15) is 0 Å². The van der Waals surface area contributed by atoms with Gasteiger partial charge in [-0.25, -0.2) is 17.5 Å². The van der Waals surface area contributed by atoms with E-state index >= 15 is 0 Å². The van der Waals surface area contributed by atoms with Gasteiger partial charge in [0.2, 0.25) is 0 Å². The Hall–Kier alpha value is -1.15. The molecule has 17 heavy (non-hydrogen) atoms. The Bertz CT molecular complexity index is 440. The zero-order valence-electron chi connectivity index (χ0n) is 9.84. The summed E-state index contributed by atoms with van der Waals surface area (Å²) >= 11 is 0. The highest BCUT2D eigenvalue weighted by Crippen LogP contribution is 2.34. The van der Waals surface area contributed by atoms with Crippen LogP contribution in [-0.2, 0) is 24.3 Å². The summed E-state index contributed by atoms with van der Waals surface area (Å²) in [4.78, 5) is 22.3. The fraction of sp³-hybridized carbons (Fsp3) is 0.778. The summed E-state index contributed by atoms with van der Waals surface area (Å²) in [6.45, 7) is 3.82. The molecule has 0 saturated carbocycles. The SMILES string of the molecule is CCOC(CN1C(=O)C(C)(C)S1(=O)=O)C(=O)O. The molecule has 1 amide bonds. The lowest BCUT2D eigenvalue weighted by molar-refractivity contribution is -0.152. The lowest BCUT2D eigenvalue weighted by Crippen LogP contribution is -2.68. The Morgan fingerprint density at radius 2 is 2.06 bits per heavy atom. The fourth-order valence-electron chi connectivity index (χ4n) is 1.49. The molecule has 1 saturated heterocycles. The second-order valence-electron chi connectivity index (χ2n) is 4.13. The number of carboxylic acid groups (broad SMARTS) is 1. The van der Waals surface area contributed by atoms with Crippen molar-refractivity contribution in [3.8, 4) is 0 Å². The molecular weight excluding hydrogens is 250 g/mol. The lowest BCUT2D eigenvalue weighted by atomic mass is 10.2. The first kappa shape index (κ1) is 13.9. The van der Waals surface area contributed by atoms with Gasteiger partial charge >= 0.3 is 5.97 Å². The average Bonchev–Trinajstić information content (AvgIpc) is 2.22. The summed E-state index contributed by atoms with van der Waals surface area (Å²) in [5, 5.41) is 8.80. The Balaban J connectivity index is 2.84. The summed E-state index contributed by atoms with van der Waals surface area (Å²) in [6.07, 6.45) is -1.32. The topological polar surface area (TPSA) is 101 Å². The van der Waals surface area contributed by atoms with Crippen LogP contribution in [0.5, 0.6) is 0 Å². The fourth-order valence-corrected chi connectivity index (χ4v) is 3.02. The quantitative estimate of drug-likeness (QED) is 0.714. The van der Waals surface area contributed by atoms with E-state index in [2.05, 4.69) is 0 Å². The maximum Gasteiger partial charge on any atom is 0.334 e. The Kier molecular flexibility index (Phi) is 3.49. The highest BCUT2D eigenvalue weighted by molar-refractivity contribution is 7.94. The summed E-state index contributed by atoms with van der Waals surface area (Å²) in [7, 11) is -3.76. The first-order valence-corrected chi connectivity index (χ1v) is 6.51. The maximum absolute atomic E-state index is 11.7. The van der Waals surface area contributed by atoms with Crippen molar-refractivity contribution in [3.05, 3.63) is 0 Å². The van der Waals surface area contributed by atoms with Crippen molar-refractivity contribution in [3.63, 3.8) is 0 Å². The number of hydrogen-bond donors (Lipinski definition) is 1. The number of aliphatic carboxylic acids is 1. The van der Waals surface area contributed by atoms with Gasteiger partial charge in [-0.05, 0) is 20.8 Å². The number of carboxylic acids is 1. The van der Waals surface area contributed by atoms with Gasteiger partial charge in [0.05, 0.1) is 6.54 Å². The molecule has 1 fully saturated rings. The number of carbonyl (C=O) groups excluding carboxylic acids is 1. The number of hydrogen-bond acceptors (Lipinski definition) is 5. The molecule has 1 aliphatic heterocycles. The number of nitrogens with zero attached hydrogens (tertiary/aromatic N) is 1. The van der Waals surface area contributed by atoms with Crippen LogP contribution in [0.2, 0.25) is 0 Å². The van der Waals surface area contributed by atoms with Crippen molar-refractivity contribution in [1.82, 2.24) is 4.31 Å². The third-order valence-corrected chi connectivity index (χ3v) is 5.01. The van der Waals surface area contributed by atoms with E-state index < -0.39 is 39.3 Å². The molecular formula is C9H15NO6S. The van der Waals surface area contributed by atoms with Crippen molar-refractivity contribution in [2.24, 2.45) is 0 Å². The average molecular weight is 265 g/mol. The van der Waals surface area contributed by atoms with Crippen LogP contribution in [0.3, 0.4) is 0 Å². The zero-order valence-corrected chi connectivity index (χ0v) is 10.7. The molecule has 1 unspecified atom stereocenters. The van der Waals surface area contributed by atoms with Gasteiger partial charge in [0.15, 0.2) is 10.9 Å². The molecule has 0 aromatic heterocycles. The summed E-state index contributed by atoms with van der Waals surface area (Å²) in [5.41, 5.74) is 0. The first-order valence-electron chi connectivity index (χ1n) is 5.07. The van der Waals surface area contributed by atoms with Crippen molar-refractivity contribution >= 4 is 21.9 Å². The third-order valence-electron chi connectivity index (χ3n) is 2.65. The first-order chi connectivity index (χ1) is 7.66. The molecule has 0 bridgehead atoms. The van der Waals surface area contributed by atoms with E-state index in [1.165, 1.54) is 13.8 Å². The lowest BCUT2D eigenvalue weighted by Gasteiger charge is -2.43. The van der Waals surface area contributed by atoms with Gasteiger partial charge < -0.3 is 9.84 Å². The predicted octanol–water partition coefficient (Wildman–Crippen LogP) is -0.573. The Morgan fingerprint density at radius 1 is 1.53 bits per heavy atom. The number of ether oxygens (including phenoxy) is 1. The van der Waals surface area contributed by atoms with E-state index in [0.717, 1.165) is 0 Å². The van der Waals surface area contributed by atoms with Crippen molar-refractivity contribution < 1.29 is 27.9 Å². The van der Waals surface area contributed by atoms with E-state index in [4.69, 9.17) is 9.84 Å². The minimum absolute atomic E-state index is 0.127. The molecule has 0 aromatic carbocycles. The predicted molar refractivity (Wildman–Crippen MR) is 57.8 cm³/mol. The van der Waals surface area contributed by atoms with E-state index in [9.17, 15) is 18.0 Å². The molecule has 0 aliphatic carbocycles. The van der Waals surface area contributed by atoms with E-state index in [1.54, 1.807) is 6.92 Å². The molecule has 1 N–H and O–H groups in total. The highest BCUT2D eigenvalue weighted by atomic mass is 32.2. The largest absolute Gasteiger partial charge is 0.479 e. The van der Waals surface area contributed by atoms with Crippen molar-refractivity contribution in [2.45, 2.75) is 31.6 Å². The molecule has 1 heterocycles. The Labute approximate surface area is 99.4 Å². The number of carbonyl (C=O) groups is 2. The summed E-state index contributed by atoms with van der Waals surface area (Å²) in [5.74, 6) is -1.90. The number of rotatable bonds is 5. The van der Waals surface area contributed by atoms with Crippen LogP contribution in [0, 0.1) is 0 Å². The molecule has 1 atom stereocenters. The standard InChI is InChI=1S/C9H15NO6S/c1-4-16-6(7(11)12)5-10-8(13)9(2,3)17(10,14)15/h6H,4-5H2,1-3H3,(H,11,12). The molecule has 1 aliphatic rings. The van der Waals surface area contributed by atoms with Crippen LogP contribution < -0.4 is 0 Å². The second-order valence-corrected chi connectivity index (χ2v) is 6.55. The molecule has 7 nitrogen and oxygen atoms in total. The van der Waals surface area contributed by atoms with Gasteiger partial charge in [0.1, 0.15) is 0 Å². The maximum atomic E-state index is 11.7. The number of amides is 1. The third kappa shape index (κ3) is 2.02. The van der Waals surface area contributed by atoms with Gasteiger partial charge in [-0.1, -0.05) is 0 Å². The monoisotopic (exact) mass is 265 g/mol. The van der Waals surface area contributed by atoms with Gasteiger partial charge in [-0.3, -0.25) is 4.79 Å². The van der Waals surface area contributed by atoms with Gasteiger partial charge in [-0.15, -0.1) is 0 Å². The van der Waals surface area contributed by atoms with Gasteiger partial charge in [0, 0.05) is 6.61 Å². The minimum atomic E-state index is -3.76. The highest BCUT2D eigenvalue weighted by Gasteiger charge is 2.60. The van der Waals surface area contributed by atoms with Crippen LogP contribution in [0.25, 0.3) is 0 Å². The minimum Gasteiger partial charge on any atom is -0.479 e. The van der Waals surface area contributed by atoms with E-state index in [1.807, 2.05) is 0 Å². The molecule has 8 heteroatoms. The van der Waals surface area contributed by atoms with Crippen LogP contribution in [0.4, 0.5) is 0 Å². The molecule has 1 rings (SSSR count). The smallest absolute Gasteiger partial charge is 0.334 e. The molecule has 0 aromatic rings. The summed E-state index contributed by atoms with van der Waals surface area (Å²) in [6, 6.07) is 0. The van der Waals surface area contributed by atoms with Crippen LogP contribution in [-0.4, -0.2) is 53.7 Å². The molecule has 0 spiro atoms. The number of sulfonamides is 1. The molecule has 0 radical (unpaired) electrons.